The summed E-state index contributed by atoms with van der Waals surface area (Å²) in [5.74, 6) is 0.925. The highest BCUT2D eigenvalue weighted by atomic mass is 16.3. The lowest BCUT2D eigenvalue weighted by atomic mass is 9.73. The predicted octanol–water partition coefficient (Wildman–Crippen LogP) is 6.98. The van der Waals surface area contributed by atoms with E-state index in [1.54, 1.807) is 6.92 Å². The van der Waals surface area contributed by atoms with Gasteiger partial charge in [-0.25, -0.2) is 0 Å². The van der Waals surface area contributed by atoms with Crippen molar-refractivity contribution in [1.82, 2.24) is 0 Å². The molecule has 0 heterocycles. The van der Waals surface area contributed by atoms with Crippen LogP contribution in [0.4, 0.5) is 0 Å². The highest BCUT2D eigenvalue weighted by molar-refractivity contribution is 5.75. The van der Waals surface area contributed by atoms with Gasteiger partial charge in [0.15, 0.2) is 0 Å². The van der Waals surface area contributed by atoms with Crippen molar-refractivity contribution in [2.75, 3.05) is 0 Å². The Balaban J connectivity index is 1.93. The zero-order chi connectivity index (χ0) is 21.4. The number of hydrogen-bond acceptors (Lipinski definition) is 3. The van der Waals surface area contributed by atoms with Crippen molar-refractivity contribution in [3.8, 4) is 11.5 Å². The first-order chi connectivity index (χ1) is 13.8. The van der Waals surface area contributed by atoms with E-state index in [2.05, 4.69) is 19.6 Å². The highest BCUT2D eigenvalue weighted by Crippen LogP contribution is 2.46. The second-order valence-electron chi connectivity index (χ2n) is 8.90. The Morgan fingerprint density at radius 2 is 1.62 bits per heavy atom. The second kappa shape index (κ2) is 11.2. The molecule has 0 amide bonds. The maximum Gasteiger partial charge on any atom is 0.129 e. The molecule has 29 heavy (non-hydrogen) atoms. The molecular weight excluding hydrogens is 360 g/mol. The first-order valence-electron chi connectivity index (χ1n) is 11.2. The van der Waals surface area contributed by atoms with Crippen LogP contribution in [0, 0.1) is 5.92 Å². The number of benzene rings is 1. The van der Waals surface area contributed by atoms with Crippen LogP contribution < -0.4 is 0 Å². The van der Waals surface area contributed by atoms with Crippen LogP contribution in [0.1, 0.15) is 95.6 Å². The van der Waals surface area contributed by atoms with Crippen molar-refractivity contribution in [2.24, 2.45) is 5.92 Å². The van der Waals surface area contributed by atoms with Gasteiger partial charge >= 0.3 is 0 Å². The third kappa shape index (κ3) is 7.06. The maximum absolute atomic E-state index is 10.9. The number of aromatic hydroxyl groups is 2. The van der Waals surface area contributed by atoms with Crippen LogP contribution in [0.3, 0.4) is 0 Å². The number of carbonyl (C=O) groups excluding carboxylic acids is 1. The molecule has 0 saturated carbocycles. The van der Waals surface area contributed by atoms with Crippen LogP contribution in [0.5, 0.6) is 11.5 Å². The molecule has 0 spiro atoms. The number of phenolic OH excluding ortho intramolecular Hbond substituents is 2. The molecule has 0 bridgehead atoms. The lowest BCUT2D eigenvalue weighted by molar-refractivity contribution is -0.117. The van der Waals surface area contributed by atoms with Crippen LogP contribution in [0.15, 0.2) is 35.9 Å². The molecule has 160 valence electrons. The minimum atomic E-state index is -0.00898. The summed E-state index contributed by atoms with van der Waals surface area (Å²) < 4.78 is 0. The molecule has 0 unspecified atom stereocenters. The number of Topliss-reactive ketones (excluding diaryl/α,β-unsaturated/α-hetero) is 1. The van der Waals surface area contributed by atoms with Gasteiger partial charge in [0.1, 0.15) is 17.3 Å². The van der Waals surface area contributed by atoms with Crippen molar-refractivity contribution in [2.45, 2.75) is 90.9 Å². The zero-order valence-corrected chi connectivity index (χ0v) is 18.5. The summed E-state index contributed by atoms with van der Waals surface area (Å²) in [4.78, 5) is 10.9. The van der Waals surface area contributed by atoms with Crippen molar-refractivity contribution in [3.05, 3.63) is 47.1 Å². The molecule has 3 nitrogen and oxygen atoms in total. The standard InChI is InChI=1S/C26H38O3/c1-18(2)22-14-13-19(3)15-23(22)26-24(28)16-21(17-25(26)29)12-10-8-6-5-7-9-11-20(4)27/h15-17,22-23,28-29H,1,5-14H2,2-4H3/t22-,23+/m0/s1. The van der Waals surface area contributed by atoms with Crippen LogP contribution in [0.2, 0.25) is 0 Å². The summed E-state index contributed by atoms with van der Waals surface area (Å²) in [7, 11) is 0. The molecule has 0 fully saturated rings. The lowest BCUT2D eigenvalue weighted by Gasteiger charge is -2.31. The van der Waals surface area contributed by atoms with Gasteiger partial charge in [-0.2, -0.15) is 0 Å². The number of aryl methyl sites for hydroxylation is 1. The number of carbonyl (C=O) groups is 1. The second-order valence-corrected chi connectivity index (χ2v) is 8.90. The molecule has 1 aliphatic rings. The Morgan fingerprint density at radius 1 is 1.03 bits per heavy atom. The van der Waals surface area contributed by atoms with E-state index in [0.29, 0.717) is 12.0 Å². The minimum absolute atomic E-state index is 0.00898. The summed E-state index contributed by atoms with van der Waals surface area (Å²) in [5, 5.41) is 21.4. The van der Waals surface area contributed by atoms with Gasteiger partial charge < -0.3 is 15.0 Å². The minimum Gasteiger partial charge on any atom is -0.507 e. The smallest absolute Gasteiger partial charge is 0.129 e. The number of allylic oxidation sites excluding steroid dienone is 3. The van der Waals surface area contributed by atoms with Gasteiger partial charge in [-0.05, 0) is 76.5 Å². The van der Waals surface area contributed by atoms with Crippen molar-refractivity contribution < 1.29 is 15.0 Å². The van der Waals surface area contributed by atoms with Crippen molar-refractivity contribution in [1.29, 1.82) is 0 Å². The summed E-state index contributed by atoms with van der Waals surface area (Å²) in [6.07, 6.45) is 12.4. The molecule has 0 aromatic heterocycles. The average molecular weight is 399 g/mol. The van der Waals surface area contributed by atoms with Crippen LogP contribution >= 0.6 is 0 Å². The van der Waals surface area contributed by atoms with Gasteiger partial charge in [-0.1, -0.05) is 49.5 Å². The van der Waals surface area contributed by atoms with Crippen LogP contribution in [-0.2, 0) is 11.2 Å². The number of hydrogen-bond donors (Lipinski definition) is 2. The highest BCUT2D eigenvalue weighted by Gasteiger charge is 2.30. The molecule has 1 aromatic carbocycles. The quantitative estimate of drug-likeness (QED) is 0.312. The monoisotopic (exact) mass is 398 g/mol. The normalized spacial score (nSPS) is 19.1. The third-order valence-corrected chi connectivity index (χ3v) is 6.15. The van der Waals surface area contributed by atoms with Gasteiger partial charge in [0.25, 0.3) is 0 Å². The Bertz CT molecular complexity index is 721. The molecule has 3 heteroatoms. The Kier molecular flexibility index (Phi) is 9.00. The summed E-state index contributed by atoms with van der Waals surface area (Å²) in [6, 6.07) is 3.66. The van der Waals surface area contributed by atoms with Crippen molar-refractivity contribution in [3.63, 3.8) is 0 Å². The molecule has 0 radical (unpaired) electrons. The van der Waals surface area contributed by atoms with Gasteiger partial charge in [0, 0.05) is 17.9 Å². The average Bonchev–Trinajstić information content (AvgIpc) is 2.63. The molecule has 2 rings (SSSR count). The van der Waals surface area contributed by atoms with E-state index < -0.39 is 0 Å². The van der Waals surface area contributed by atoms with Gasteiger partial charge in [0.2, 0.25) is 0 Å². The number of rotatable bonds is 11. The largest absolute Gasteiger partial charge is 0.507 e. The number of unbranched alkanes of at least 4 members (excludes halogenated alkanes) is 5. The van der Waals surface area contributed by atoms with Crippen LogP contribution in [0.25, 0.3) is 0 Å². The fourth-order valence-corrected chi connectivity index (χ4v) is 4.48. The third-order valence-electron chi connectivity index (χ3n) is 6.15. The topological polar surface area (TPSA) is 57.5 Å². The fourth-order valence-electron chi connectivity index (χ4n) is 4.48. The summed E-state index contributed by atoms with van der Waals surface area (Å²) >= 11 is 0. The van der Waals surface area contributed by atoms with Gasteiger partial charge in [-0.3, -0.25) is 0 Å². The number of phenols is 2. The first-order valence-corrected chi connectivity index (χ1v) is 11.2. The molecule has 2 atom stereocenters. The van der Waals surface area contributed by atoms with E-state index in [1.165, 1.54) is 18.4 Å². The Labute approximate surface area is 176 Å². The summed E-state index contributed by atoms with van der Waals surface area (Å²) in [5.41, 5.74) is 4.04. The van der Waals surface area contributed by atoms with E-state index in [4.69, 9.17) is 0 Å². The summed E-state index contributed by atoms with van der Waals surface area (Å²) in [6.45, 7) is 9.94. The zero-order valence-electron chi connectivity index (χ0n) is 18.5. The number of ketones is 1. The van der Waals surface area contributed by atoms with E-state index in [0.717, 1.165) is 56.1 Å². The molecule has 1 aliphatic carbocycles. The van der Waals surface area contributed by atoms with Gasteiger partial charge in [0.05, 0.1) is 0 Å². The Hall–Kier alpha value is -2.03. The molecule has 2 N–H and O–H groups in total. The fraction of sp³-hybridized carbons (Fsp3) is 0.577. The maximum atomic E-state index is 10.9. The van der Waals surface area contributed by atoms with Gasteiger partial charge in [-0.15, -0.1) is 0 Å². The van der Waals surface area contributed by atoms with Crippen LogP contribution in [-0.4, -0.2) is 16.0 Å². The van der Waals surface area contributed by atoms with E-state index in [9.17, 15) is 15.0 Å². The first kappa shape index (κ1) is 23.3. The lowest BCUT2D eigenvalue weighted by Crippen LogP contribution is -2.17. The van der Waals surface area contributed by atoms with E-state index in [1.807, 2.05) is 19.1 Å². The molecular formula is C26H38O3. The molecule has 1 aromatic rings. The predicted molar refractivity (Wildman–Crippen MR) is 121 cm³/mol. The molecule has 0 saturated heterocycles. The molecule has 0 aliphatic heterocycles. The Morgan fingerprint density at radius 3 is 2.21 bits per heavy atom. The van der Waals surface area contributed by atoms with Crippen molar-refractivity contribution >= 4 is 5.78 Å². The SMILES string of the molecule is C=C(C)[C@@H]1CCC(C)=C[C@H]1c1c(O)cc(CCCCCCCCC(C)=O)cc1O. The van der Waals surface area contributed by atoms with E-state index >= 15 is 0 Å². The van der Waals surface area contributed by atoms with E-state index in [-0.39, 0.29) is 29.1 Å².